The van der Waals surface area contributed by atoms with Crippen LogP contribution in [0.25, 0.3) is 0 Å². The molecule has 230 valence electrons. The number of hydrogen-bond acceptors (Lipinski definition) is 4. The van der Waals surface area contributed by atoms with Crippen LogP contribution >= 0.6 is 23.2 Å². The average Bonchev–Trinajstić information content (AvgIpc) is 3.01. The Morgan fingerprint density at radius 2 is 1.60 bits per heavy atom. The van der Waals surface area contributed by atoms with Crippen molar-refractivity contribution in [2.75, 3.05) is 10.8 Å². The zero-order valence-corrected chi connectivity index (χ0v) is 27.0. The highest BCUT2D eigenvalue weighted by atomic mass is 35.5. The van der Waals surface area contributed by atoms with Crippen LogP contribution in [0.3, 0.4) is 0 Å². The van der Waals surface area contributed by atoms with Gasteiger partial charge >= 0.3 is 0 Å². The lowest BCUT2D eigenvalue weighted by Crippen LogP contribution is -2.54. The standard InChI is InChI=1S/C33H39Cl2N3O4S/c1-3-24-15-19-28(20-16-24)38(43(41,42)29-13-9-6-10-14-29)23-32(39)37(22-25-17-18-26(34)21-30(25)35)31(4-2)33(40)36-27-11-7-5-8-12-27/h6,9-10,13-21,27,31H,3-5,7-8,11-12,22-23H2,1-2H3,(H,36,40)/t31-/m0/s1. The van der Waals surface area contributed by atoms with Crippen molar-refractivity contribution in [1.29, 1.82) is 0 Å². The first kappa shape index (κ1) is 32.8. The van der Waals surface area contributed by atoms with Crippen LogP contribution < -0.4 is 9.62 Å². The number of nitrogens with one attached hydrogen (secondary N) is 1. The van der Waals surface area contributed by atoms with Crippen LogP contribution in [-0.2, 0) is 32.6 Å². The second-order valence-electron chi connectivity index (χ2n) is 10.9. The summed E-state index contributed by atoms with van der Waals surface area (Å²) in [6.07, 6.45) is 6.17. The van der Waals surface area contributed by atoms with E-state index >= 15 is 0 Å². The van der Waals surface area contributed by atoms with E-state index in [0.29, 0.717) is 27.7 Å². The summed E-state index contributed by atoms with van der Waals surface area (Å²) in [5.41, 5.74) is 2.00. The summed E-state index contributed by atoms with van der Waals surface area (Å²) in [6, 6.07) is 19.4. The minimum atomic E-state index is -4.12. The Morgan fingerprint density at radius 3 is 2.21 bits per heavy atom. The zero-order valence-electron chi connectivity index (χ0n) is 24.6. The highest BCUT2D eigenvalue weighted by Crippen LogP contribution is 2.27. The molecule has 1 fully saturated rings. The number of amides is 2. The molecule has 2 amide bonds. The number of carbonyl (C=O) groups is 2. The molecule has 43 heavy (non-hydrogen) atoms. The monoisotopic (exact) mass is 643 g/mol. The van der Waals surface area contributed by atoms with Crippen LogP contribution in [0, 0.1) is 0 Å². The molecule has 0 bridgehead atoms. The first-order valence-corrected chi connectivity index (χ1v) is 17.0. The number of nitrogens with zero attached hydrogens (tertiary/aromatic N) is 2. The van der Waals surface area contributed by atoms with Crippen molar-refractivity contribution in [3.05, 3.63) is 94.0 Å². The van der Waals surface area contributed by atoms with Gasteiger partial charge in [-0.3, -0.25) is 13.9 Å². The number of anilines is 1. The highest BCUT2D eigenvalue weighted by molar-refractivity contribution is 7.92. The van der Waals surface area contributed by atoms with Crippen molar-refractivity contribution >= 4 is 50.7 Å². The fourth-order valence-corrected chi connectivity index (χ4v) is 7.35. The van der Waals surface area contributed by atoms with E-state index in [1.807, 2.05) is 26.0 Å². The number of rotatable bonds is 12. The molecular weight excluding hydrogens is 605 g/mol. The molecule has 1 aliphatic rings. The quantitative estimate of drug-likeness (QED) is 0.230. The van der Waals surface area contributed by atoms with Gasteiger partial charge in [-0.15, -0.1) is 0 Å². The van der Waals surface area contributed by atoms with Gasteiger partial charge in [0, 0.05) is 22.6 Å². The summed E-state index contributed by atoms with van der Waals surface area (Å²) in [5, 5.41) is 3.96. The second kappa shape index (κ2) is 15.1. The fraction of sp³-hybridized carbons (Fsp3) is 0.394. The van der Waals surface area contributed by atoms with Gasteiger partial charge in [-0.05, 0) is 73.2 Å². The smallest absolute Gasteiger partial charge is 0.264 e. The number of sulfonamides is 1. The van der Waals surface area contributed by atoms with Gasteiger partial charge < -0.3 is 10.2 Å². The third-order valence-corrected chi connectivity index (χ3v) is 10.3. The van der Waals surface area contributed by atoms with Crippen LogP contribution in [0.15, 0.2) is 77.7 Å². The Kier molecular flexibility index (Phi) is 11.5. The summed E-state index contributed by atoms with van der Waals surface area (Å²) in [4.78, 5) is 29.5. The van der Waals surface area contributed by atoms with E-state index < -0.39 is 28.5 Å². The van der Waals surface area contributed by atoms with Crippen LogP contribution in [-0.4, -0.2) is 43.8 Å². The minimum Gasteiger partial charge on any atom is -0.352 e. The SMILES string of the molecule is CCc1ccc(N(CC(=O)N(Cc2ccc(Cl)cc2Cl)[C@@H](CC)C(=O)NC2CCCCC2)S(=O)(=O)c2ccccc2)cc1. The molecule has 4 rings (SSSR count). The number of carbonyl (C=O) groups excluding carboxylic acids is 2. The lowest BCUT2D eigenvalue weighted by molar-refractivity contribution is -0.140. The summed E-state index contributed by atoms with van der Waals surface area (Å²) in [5.74, 6) is -0.770. The molecule has 0 spiro atoms. The van der Waals surface area contributed by atoms with E-state index in [1.165, 1.54) is 17.0 Å². The molecule has 0 aromatic heterocycles. The molecule has 1 saturated carbocycles. The normalized spacial score (nSPS) is 14.6. The molecule has 7 nitrogen and oxygen atoms in total. The third kappa shape index (κ3) is 8.31. The van der Waals surface area contributed by atoms with Crippen molar-refractivity contribution < 1.29 is 18.0 Å². The lowest BCUT2D eigenvalue weighted by atomic mass is 9.95. The maximum atomic E-state index is 14.3. The van der Waals surface area contributed by atoms with Crippen LogP contribution in [0.1, 0.15) is 63.5 Å². The average molecular weight is 645 g/mol. The van der Waals surface area contributed by atoms with Crippen molar-refractivity contribution in [2.24, 2.45) is 0 Å². The Balaban J connectivity index is 1.72. The molecule has 0 aliphatic heterocycles. The molecule has 1 atom stereocenters. The van der Waals surface area contributed by atoms with Crippen molar-refractivity contribution in [2.45, 2.75) is 82.3 Å². The Hall–Kier alpha value is -3.07. The second-order valence-corrected chi connectivity index (χ2v) is 13.6. The van der Waals surface area contributed by atoms with Gasteiger partial charge in [0.15, 0.2) is 0 Å². The number of benzene rings is 3. The number of halogens is 2. The third-order valence-electron chi connectivity index (χ3n) is 7.94. The van der Waals surface area contributed by atoms with Gasteiger partial charge in [0.2, 0.25) is 11.8 Å². The highest BCUT2D eigenvalue weighted by Gasteiger charge is 2.34. The van der Waals surface area contributed by atoms with Crippen LogP contribution in [0.4, 0.5) is 5.69 Å². The van der Waals surface area contributed by atoms with E-state index in [1.54, 1.807) is 48.5 Å². The van der Waals surface area contributed by atoms with Gasteiger partial charge in [-0.2, -0.15) is 0 Å². The predicted octanol–water partition coefficient (Wildman–Crippen LogP) is 7.01. The van der Waals surface area contributed by atoms with Gasteiger partial charge in [-0.1, -0.05) is 92.7 Å². The molecular formula is C33H39Cl2N3O4S. The van der Waals surface area contributed by atoms with Gasteiger partial charge in [0.1, 0.15) is 12.6 Å². The largest absolute Gasteiger partial charge is 0.352 e. The van der Waals surface area contributed by atoms with E-state index in [9.17, 15) is 18.0 Å². The zero-order chi connectivity index (χ0) is 31.0. The molecule has 1 N–H and O–H groups in total. The molecule has 0 unspecified atom stereocenters. The maximum Gasteiger partial charge on any atom is 0.264 e. The Morgan fingerprint density at radius 1 is 0.930 bits per heavy atom. The van der Waals surface area contributed by atoms with Gasteiger partial charge in [0.25, 0.3) is 10.0 Å². The molecule has 0 saturated heterocycles. The topological polar surface area (TPSA) is 86.8 Å². The summed E-state index contributed by atoms with van der Waals surface area (Å²) < 4.78 is 29.1. The van der Waals surface area contributed by atoms with E-state index in [0.717, 1.165) is 48.4 Å². The Labute approximate surface area is 265 Å². The minimum absolute atomic E-state index is 0.0133. The van der Waals surface area contributed by atoms with Gasteiger partial charge in [0.05, 0.1) is 10.6 Å². The van der Waals surface area contributed by atoms with Crippen molar-refractivity contribution in [3.63, 3.8) is 0 Å². The van der Waals surface area contributed by atoms with E-state index in [2.05, 4.69) is 5.32 Å². The molecule has 3 aromatic rings. The number of aryl methyl sites for hydroxylation is 1. The maximum absolute atomic E-state index is 14.3. The predicted molar refractivity (Wildman–Crippen MR) is 173 cm³/mol. The van der Waals surface area contributed by atoms with Crippen LogP contribution in [0.5, 0.6) is 0 Å². The van der Waals surface area contributed by atoms with Crippen molar-refractivity contribution in [3.8, 4) is 0 Å². The lowest BCUT2D eigenvalue weighted by Gasteiger charge is -2.34. The molecule has 0 heterocycles. The van der Waals surface area contributed by atoms with Gasteiger partial charge in [-0.25, -0.2) is 8.42 Å². The first-order chi connectivity index (χ1) is 20.6. The summed E-state index contributed by atoms with van der Waals surface area (Å²) >= 11 is 12.6. The summed E-state index contributed by atoms with van der Waals surface area (Å²) in [7, 11) is -4.12. The first-order valence-electron chi connectivity index (χ1n) is 14.8. The molecule has 10 heteroatoms. The van der Waals surface area contributed by atoms with E-state index in [-0.39, 0.29) is 23.4 Å². The number of hydrogen-bond donors (Lipinski definition) is 1. The molecule has 1 aliphatic carbocycles. The summed E-state index contributed by atoms with van der Waals surface area (Å²) in [6.45, 7) is 3.37. The van der Waals surface area contributed by atoms with Crippen molar-refractivity contribution in [1.82, 2.24) is 10.2 Å². The Bertz CT molecular complexity index is 1490. The molecule has 3 aromatic carbocycles. The van der Waals surface area contributed by atoms with Crippen LogP contribution in [0.2, 0.25) is 10.0 Å². The molecule has 0 radical (unpaired) electrons. The van der Waals surface area contributed by atoms with E-state index in [4.69, 9.17) is 23.2 Å². The fourth-order valence-electron chi connectivity index (χ4n) is 5.44.